The number of piperidine rings is 1. The molecule has 0 spiro atoms. The number of hydrogen-bond donors (Lipinski definition) is 2. The van der Waals surface area contributed by atoms with E-state index in [-0.39, 0.29) is 16.8 Å². The van der Waals surface area contributed by atoms with E-state index in [1.54, 1.807) is 6.07 Å². The number of hydrogen-bond acceptors (Lipinski definition) is 5. The van der Waals surface area contributed by atoms with E-state index in [1.165, 1.54) is 31.5 Å². The summed E-state index contributed by atoms with van der Waals surface area (Å²) in [5, 5.41) is 0. The van der Waals surface area contributed by atoms with Crippen molar-refractivity contribution in [3.8, 4) is 0 Å². The smallest absolute Gasteiger partial charge is 0.244 e. The van der Waals surface area contributed by atoms with Crippen LogP contribution in [0.2, 0.25) is 0 Å². The van der Waals surface area contributed by atoms with Gasteiger partial charge in [-0.15, -0.1) is 0 Å². The van der Waals surface area contributed by atoms with E-state index in [4.69, 9.17) is 5.73 Å². The number of nitrogens with one attached hydrogen (secondary N) is 1. The first kappa shape index (κ1) is 15.2. The Hall–Kier alpha value is -1.18. The van der Waals surface area contributed by atoms with Crippen LogP contribution in [0.1, 0.15) is 26.2 Å². The number of nitrogen functional groups attached to an aromatic ring is 1. The summed E-state index contributed by atoms with van der Waals surface area (Å²) in [6, 6.07) is 2.89. The first-order chi connectivity index (χ1) is 9.49. The Labute approximate surface area is 120 Å². The molecule has 0 amide bonds. The average Bonchev–Trinajstić information content (AvgIpc) is 2.39. The van der Waals surface area contributed by atoms with Crippen molar-refractivity contribution in [2.75, 3.05) is 25.4 Å². The van der Waals surface area contributed by atoms with Crippen LogP contribution in [0.5, 0.6) is 0 Å². The van der Waals surface area contributed by atoms with Crippen LogP contribution in [-0.4, -0.2) is 44.0 Å². The summed E-state index contributed by atoms with van der Waals surface area (Å²) in [5.74, 6) is 0.0326. The third kappa shape index (κ3) is 3.91. The van der Waals surface area contributed by atoms with Gasteiger partial charge in [-0.05, 0) is 45.0 Å². The zero-order chi connectivity index (χ0) is 14.6. The number of nitrogens with zero attached hydrogens (tertiary/aromatic N) is 2. The molecular weight excluding hydrogens is 276 g/mol. The average molecular weight is 298 g/mol. The molecule has 0 aromatic carbocycles. The Morgan fingerprint density at radius 2 is 2.10 bits per heavy atom. The van der Waals surface area contributed by atoms with Gasteiger partial charge in [0.15, 0.2) is 0 Å². The highest BCUT2D eigenvalue weighted by atomic mass is 32.2. The molecule has 3 N–H and O–H groups in total. The standard InChI is InChI=1S/C13H22N4O2S/c1-11(10-17-8-3-2-4-9-17)16-20(18,19)12-6-5-7-15-13(12)14/h5-7,11,16H,2-4,8-10H2,1H3,(H2,14,15). The first-order valence-electron chi connectivity index (χ1n) is 6.94. The number of aromatic nitrogens is 1. The Bertz CT molecular complexity index is 541. The number of pyridine rings is 1. The lowest BCUT2D eigenvalue weighted by molar-refractivity contribution is 0.215. The third-order valence-corrected chi connectivity index (χ3v) is 5.06. The molecular formula is C13H22N4O2S. The second-order valence-corrected chi connectivity index (χ2v) is 6.95. The van der Waals surface area contributed by atoms with E-state index < -0.39 is 10.0 Å². The van der Waals surface area contributed by atoms with E-state index in [0.717, 1.165) is 19.6 Å². The van der Waals surface area contributed by atoms with Crippen molar-refractivity contribution in [3.05, 3.63) is 18.3 Å². The molecule has 0 saturated carbocycles. The van der Waals surface area contributed by atoms with Crippen molar-refractivity contribution in [1.29, 1.82) is 0 Å². The van der Waals surface area contributed by atoms with Crippen molar-refractivity contribution < 1.29 is 8.42 Å². The van der Waals surface area contributed by atoms with Crippen molar-refractivity contribution in [2.24, 2.45) is 0 Å². The highest BCUT2D eigenvalue weighted by Gasteiger charge is 2.22. The minimum absolute atomic E-state index is 0.0326. The highest BCUT2D eigenvalue weighted by Crippen LogP contribution is 2.15. The molecule has 0 aliphatic carbocycles. The van der Waals surface area contributed by atoms with Gasteiger partial charge in [0.05, 0.1) is 0 Å². The molecule has 20 heavy (non-hydrogen) atoms. The topological polar surface area (TPSA) is 88.3 Å². The molecule has 0 bridgehead atoms. The van der Waals surface area contributed by atoms with Crippen molar-refractivity contribution in [2.45, 2.75) is 37.1 Å². The van der Waals surface area contributed by atoms with Gasteiger partial charge in [0.25, 0.3) is 0 Å². The summed E-state index contributed by atoms with van der Waals surface area (Å²) in [6.45, 7) is 4.68. The molecule has 1 aromatic rings. The summed E-state index contributed by atoms with van der Waals surface area (Å²) >= 11 is 0. The van der Waals surface area contributed by atoms with Crippen molar-refractivity contribution in [3.63, 3.8) is 0 Å². The minimum Gasteiger partial charge on any atom is -0.383 e. The van der Waals surface area contributed by atoms with Gasteiger partial charge in [-0.2, -0.15) is 0 Å². The van der Waals surface area contributed by atoms with Crippen LogP contribution >= 0.6 is 0 Å². The van der Waals surface area contributed by atoms with E-state index in [1.807, 2.05) is 6.92 Å². The predicted octanol–water partition coefficient (Wildman–Crippen LogP) is 0.817. The second kappa shape index (κ2) is 6.51. The van der Waals surface area contributed by atoms with Gasteiger partial charge in [-0.1, -0.05) is 6.42 Å². The maximum atomic E-state index is 12.3. The molecule has 1 fully saturated rings. The number of likely N-dealkylation sites (tertiary alicyclic amines) is 1. The predicted molar refractivity (Wildman–Crippen MR) is 78.7 cm³/mol. The van der Waals surface area contributed by atoms with Crippen molar-refractivity contribution >= 4 is 15.8 Å². The minimum atomic E-state index is -3.61. The molecule has 1 saturated heterocycles. The van der Waals surface area contributed by atoms with E-state index in [2.05, 4.69) is 14.6 Å². The largest absolute Gasteiger partial charge is 0.383 e. The number of anilines is 1. The van der Waals surface area contributed by atoms with Crippen molar-refractivity contribution in [1.82, 2.24) is 14.6 Å². The Morgan fingerprint density at radius 1 is 1.40 bits per heavy atom. The SMILES string of the molecule is CC(CN1CCCCC1)NS(=O)(=O)c1cccnc1N. The van der Waals surface area contributed by atoms with Crippen LogP contribution < -0.4 is 10.5 Å². The van der Waals surface area contributed by atoms with Gasteiger partial charge < -0.3 is 10.6 Å². The summed E-state index contributed by atoms with van der Waals surface area (Å²) < 4.78 is 27.2. The fourth-order valence-corrected chi connectivity index (χ4v) is 3.84. The van der Waals surface area contributed by atoms with E-state index in [0.29, 0.717) is 0 Å². The fraction of sp³-hybridized carbons (Fsp3) is 0.615. The van der Waals surface area contributed by atoms with Gasteiger partial charge in [0.1, 0.15) is 10.7 Å². The van der Waals surface area contributed by atoms with Gasteiger partial charge in [-0.3, -0.25) is 0 Å². The lowest BCUT2D eigenvalue weighted by atomic mass is 10.1. The lowest BCUT2D eigenvalue weighted by Gasteiger charge is -2.29. The van der Waals surface area contributed by atoms with Gasteiger partial charge in [0.2, 0.25) is 10.0 Å². The molecule has 7 heteroatoms. The normalized spacial score (nSPS) is 18.9. The van der Waals surface area contributed by atoms with Crippen LogP contribution in [0.25, 0.3) is 0 Å². The molecule has 2 heterocycles. The zero-order valence-corrected chi connectivity index (χ0v) is 12.6. The van der Waals surface area contributed by atoms with Crippen LogP contribution in [0.15, 0.2) is 23.2 Å². The zero-order valence-electron chi connectivity index (χ0n) is 11.7. The maximum Gasteiger partial charge on any atom is 0.244 e. The van der Waals surface area contributed by atoms with E-state index in [9.17, 15) is 8.42 Å². The molecule has 1 aromatic heterocycles. The van der Waals surface area contributed by atoms with Crippen LogP contribution in [0, 0.1) is 0 Å². The number of rotatable bonds is 5. The lowest BCUT2D eigenvalue weighted by Crippen LogP contribution is -2.43. The first-order valence-corrected chi connectivity index (χ1v) is 8.42. The van der Waals surface area contributed by atoms with Gasteiger partial charge >= 0.3 is 0 Å². The molecule has 2 rings (SSSR count). The molecule has 1 aliphatic rings. The Morgan fingerprint density at radius 3 is 2.75 bits per heavy atom. The molecule has 1 unspecified atom stereocenters. The monoisotopic (exact) mass is 298 g/mol. The quantitative estimate of drug-likeness (QED) is 0.840. The van der Waals surface area contributed by atoms with Gasteiger partial charge in [0, 0.05) is 18.8 Å². The molecule has 1 atom stereocenters. The summed E-state index contributed by atoms with van der Waals surface area (Å²) in [7, 11) is -3.61. The van der Waals surface area contributed by atoms with Crippen LogP contribution in [0.3, 0.4) is 0 Å². The number of nitrogens with two attached hydrogens (primary N) is 1. The van der Waals surface area contributed by atoms with Crippen LogP contribution in [0.4, 0.5) is 5.82 Å². The summed E-state index contributed by atoms with van der Waals surface area (Å²) in [6.07, 6.45) is 5.12. The van der Waals surface area contributed by atoms with Crippen LogP contribution in [-0.2, 0) is 10.0 Å². The third-order valence-electron chi connectivity index (χ3n) is 3.43. The summed E-state index contributed by atoms with van der Waals surface area (Å²) in [4.78, 5) is 6.16. The molecule has 0 radical (unpaired) electrons. The molecule has 1 aliphatic heterocycles. The molecule has 112 valence electrons. The van der Waals surface area contributed by atoms with Gasteiger partial charge in [-0.25, -0.2) is 18.1 Å². The number of sulfonamides is 1. The summed E-state index contributed by atoms with van der Waals surface area (Å²) in [5.41, 5.74) is 5.63. The highest BCUT2D eigenvalue weighted by molar-refractivity contribution is 7.89. The fourth-order valence-electron chi connectivity index (χ4n) is 2.52. The Kier molecular flexibility index (Phi) is 4.95. The second-order valence-electron chi connectivity index (χ2n) is 5.27. The maximum absolute atomic E-state index is 12.3. The molecule has 6 nitrogen and oxygen atoms in total. The Balaban J connectivity index is 1.99. The van der Waals surface area contributed by atoms with E-state index >= 15 is 0 Å².